The third-order valence-electron chi connectivity index (χ3n) is 4.66. The largest absolute Gasteiger partial charge is 0.370 e. The number of rotatable bonds is 0. The van der Waals surface area contributed by atoms with Crippen molar-refractivity contribution in [3.8, 4) is 0 Å². The second-order valence-electron chi connectivity index (χ2n) is 5.82. The Bertz CT molecular complexity index is 294. The van der Waals surface area contributed by atoms with Crippen molar-refractivity contribution in [1.82, 2.24) is 4.90 Å². The van der Waals surface area contributed by atoms with E-state index in [1.54, 1.807) is 0 Å². The molecule has 3 rings (SSSR count). The highest BCUT2D eigenvalue weighted by Gasteiger charge is 2.48. The molecule has 90 valence electrons. The molecule has 0 radical (unpaired) electrons. The summed E-state index contributed by atoms with van der Waals surface area (Å²) in [4.78, 5) is 14.5. The summed E-state index contributed by atoms with van der Waals surface area (Å²) in [7, 11) is 2.15. The van der Waals surface area contributed by atoms with Crippen LogP contribution in [0, 0.1) is 5.92 Å². The lowest BCUT2D eigenvalue weighted by Crippen LogP contribution is -2.53. The third-order valence-corrected chi connectivity index (χ3v) is 4.66. The first-order valence-electron chi connectivity index (χ1n) is 6.58. The van der Waals surface area contributed by atoms with Crippen molar-refractivity contribution in [3.63, 3.8) is 0 Å². The van der Waals surface area contributed by atoms with E-state index in [0.717, 1.165) is 38.8 Å². The van der Waals surface area contributed by atoms with Crippen LogP contribution in [0.2, 0.25) is 0 Å². The van der Waals surface area contributed by atoms with E-state index in [9.17, 15) is 4.79 Å². The van der Waals surface area contributed by atoms with Crippen molar-refractivity contribution in [2.75, 3.05) is 20.1 Å². The molecule has 1 spiro atoms. The van der Waals surface area contributed by atoms with Gasteiger partial charge in [0, 0.05) is 25.4 Å². The molecule has 2 saturated heterocycles. The molecule has 16 heavy (non-hydrogen) atoms. The molecule has 2 heterocycles. The van der Waals surface area contributed by atoms with Crippen LogP contribution >= 0.6 is 0 Å². The van der Waals surface area contributed by atoms with Gasteiger partial charge in [-0.05, 0) is 32.7 Å². The van der Waals surface area contributed by atoms with Crippen LogP contribution in [0.1, 0.15) is 38.5 Å². The molecule has 3 aliphatic rings. The first-order valence-corrected chi connectivity index (χ1v) is 6.58. The fourth-order valence-electron chi connectivity index (χ4n) is 3.57. The number of carbonyl (C=O) groups excluding carboxylic acids is 1. The molecule has 0 aromatic heterocycles. The zero-order chi connectivity index (χ0) is 11.2. The van der Waals surface area contributed by atoms with Gasteiger partial charge in [-0.2, -0.15) is 0 Å². The smallest absolute Gasteiger partial charge is 0.141 e. The van der Waals surface area contributed by atoms with Crippen molar-refractivity contribution >= 4 is 5.78 Å². The monoisotopic (exact) mass is 223 g/mol. The number of hydrogen-bond donors (Lipinski definition) is 0. The van der Waals surface area contributed by atoms with E-state index in [1.165, 1.54) is 6.42 Å². The lowest BCUT2D eigenvalue weighted by Gasteiger charge is -2.46. The summed E-state index contributed by atoms with van der Waals surface area (Å²) in [6, 6.07) is 0. The minimum atomic E-state index is -0.0882. The van der Waals surface area contributed by atoms with Gasteiger partial charge in [-0.15, -0.1) is 0 Å². The van der Waals surface area contributed by atoms with Crippen molar-refractivity contribution in [2.45, 2.75) is 50.2 Å². The summed E-state index contributed by atoms with van der Waals surface area (Å²) in [5.41, 5.74) is -0.0882. The van der Waals surface area contributed by atoms with Gasteiger partial charge in [0.05, 0.1) is 11.7 Å². The molecule has 3 heteroatoms. The summed E-state index contributed by atoms with van der Waals surface area (Å²) in [5, 5.41) is 0. The van der Waals surface area contributed by atoms with E-state index in [1.807, 2.05) is 0 Å². The molecule has 0 aromatic carbocycles. The molecule has 0 amide bonds. The van der Waals surface area contributed by atoms with Gasteiger partial charge in [-0.1, -0.05) is 6.42 Å². The number of fused-ring (bicyclic) bond motifs is 1. The minimum absolute atomic E-state index is 0.0882. The number of carbonyl (C=O) groups is 1. The highest BCUT2D eigenvalue weighted by molar-refractivity contribution is 5.83. The average Bonchev–Trinajstić information content (AvgIpc) is 2.71. The fourth-order valence-corrected chi connectivity index (χ4v) is 3.57. The van der Waals surface area contributed by atoms with Crippen LogP contribution in [0.4, 0.5) is 0 Å². The summed E-state index contributed by atoms with van der Waals surface area (Å²) in [5.74, 6) is 0.726. The maximum atomic E-state index is 12.1. The molecule has 2 atom stereocenters. The molecule has 2 unspecified atom stereocenters. The van der Waals surface area contributed by atoms with Gasteiger partial charge in [0.2, 0.25) is 0 Å². The van der Waals surface area contributed by atoms with Gasteiger partial charge in [-0.3, -0.25) is 4.79 Å². The Morgan fingerprint density at radius 3 is 2.81 bits per heavy atom. The van der Waals surface area contributed by atoms with Crippen LogP contribution in [0.3, 0.4) is 0 Å². The van der Waals surface area contributed by atoms with Crippen LogP contribution in [-0.2, 0) is 9.53 Å². The Kier molecular flexibility index (Phi) is 2.55. The topological polar surface area (TPSA) is 29.5 Å². The van der Waals surface area contributed by atoms with Crippen molar-refractivity contribution in [3.05, 3.63) is 0 Å². The molecule has 2 aliphatic heterocycles. The predicted molar refractivity (Wildman–Crippen MR) is 61.3 cm³/mol. The van der Waals surface area contributed by atoms with Crippen LogP contribution < -0.4 is 0 Å². The van der Waals surface area contributed by atoms with Crippen LogP contribution in [0.25, 0.3) is 0 Å². The van der Waals surface area contributed by atoms with Gasteiger partial charge in [0.1, 0.15) is 5.78 Å². The van der Waals surface area contributed by atoms with E-state index in [0.29, 0.717) is 12.2 Å². The lowest BCUT2D eigenvalue weighted by atomic mass is 9.79. The minimum Gasteiger partial charge on any atom is -0.370 e. The van der Waals surface area contributed by atoms with Crippen molar-refractivity contribution in [1.29, 1.82) is 0 Å². The molecule has 0 N–H and O–H groups in total. The van der Waals surface area contributed by atoms with E-state index in [2.05, 4.69) is 11.9 Å². The summed E-state index contributed by atoms with van der Waals surface area (Å²) in [6.07, 6.45) is 6.37. The van der Waals surface area contributed by atoms with Crippen molar-refractivity contribution in [2.24, 2.45) is 5.92 Å². The highest BCUT2D eigenvalue weighted by Crippen LogP contribution is 2.43. The van der Waals surface area contributed by atoms with E-state index < -0.39 is 0 Å². The van der Waals surface area contributed by atoms with E-state index in [4.69, 9.17) is 4.74 Å². The van der Waals surface area contributed by atoms with Crippen molar-refractivity contribution < 1.29 is 9.53 Å². The highest BCUT2D eigenvalue weighted by atomic mass is 16.5. The van der Waals surface area contributed by atoms with Gasteiger partial charge in [0.15, 0.2) is 0 Å². The maximum absolute atomic E-state index is 12.1. The number of likely N-dealkylation sites (tertiary alicyclic amines) is 1. The third kappa shape index (κ3) is 1.70. The molecule has 3 nitrogen and oxygen atoms in total. The Balaban J connectivity index is 1.75. The van der Waals surface area contributed by atoms with Gasteiger partial charge in [-0.25, -0.2) is 0 Å². The second-order valence-corrected chi connectivity index (χ2v) is 5.82. The first-order chi connectivity index (χ1) is 7.69. The summed E-state index contributed by atoms with van der Waals surface area (Å²) in [6.45, 7) is 2.15. The predicted octanol–water partition coefficient (Wildman–Crippen LogP) is 1.61. The Hall–Kier alpha value is -0.410. The van der Waals surface area contributed by atoms with E-state index >= 15 is 0 Å². The first kappa shape index (κ1) is 10.7. The second kappa shape index (κ2) is 3.81. The standard InChI is InChI=1S/C13H21NO2/c1-14-7-5-13(6-8-14)9-11(15)10-3-2-4-12(10)16-13/h10,12H,2-9H2,1H3. The summed E-state index contributed by atoms with van der Waals surface area (Å²) >= 11 is 0. The molecule has 1 saturated carbocycles. The quantitative estimate of drug-likeness (QED) is 0.625. The van der Waals surface area contributed by atoms with Gasteiger partial charge >= 0.3 is 0 Å². The SMILES string of the molecule is CN1CCC2(CC1)CC(=O)C1CCCC1O2. The normalized spacial score (nSPS) is 38.9. The van der Waals surface area contributed by atoms with Crippen LogP contribution in [0.5, 0.6) is 0 Å². The van der Waals surface area contributed by atoms with Crippen LogP contribution in [0.15, 0.2) is 0 Å². The molecular weight excluding hydrogens is 202 g/mol. The average molecular weight is 223 g/mol. The fraction of sp³-hybridized carbons (Fsp3) is 0.923. The number of ketones is 1. The maximum Gasteiger partial charge on any atom is 0.141 e. The van der Waals surface area contributed by atoms with E-state index in [-0.39, 0.29) is 17.6 Å². The zero-order valence-corrected chi connectivity index (χ0v) is 10.1. The molecule has 0 aromatic rings. The Morgan fingerprint density at radius 1 is 1.31 bits per heavy atom. The Labute approximate surface area is 97.1 Å². The molecular formula is C13H21NO2. The zero-order valence-electron chi connectivity index (χ0n) is 10.1. The molecule has 1 aliphatic carbocycles. The number of ether oxygens (including phenoxy) is 1. The van der Waals surface area contributed by atoms with Gasteiger partial charge < -0.3 is 9.64 Å². The Morgan fingerprint density at radius 2 is 2.06 bits per heavy atom. The number of piperidine rings is 1. The number of Topliss-reactive ketones (excluding diaryl/α,β-unsaturated/α-hetero) is 1. The number of hydrogen-bond acceptors (Lipinski definition) is 3. The number of nitrogens with zero attached hydrogens (tertiary/aromatic N) is 1. The van der Waals surface area contributed by atoms with Crippen LogP contribution in [-0.4, -0.2) is 42.5 Å². The van der Waals surface area contributed by atoms with Gasteiger partial charge in [0.25, 0.3) is 0 Å². The molecule has 0 bridgehead atoms. The molecule has 3 fully saturated rings. The lowest BCUT2D eigenvalue weighted by molar-refractivity contribution is -0.175. The summed E-state index contributed by atoms with van der Waals surface area (Å²) < 4.78 is 6.31.